The number of unbranched alkanes of at least 4 members (excludes halogenated alkanes) is 1. The molecule has 2 N–H and O–H groups in total. The van der Waals surface area contributed by atoms with Gasteiger partial charge in [-0.3, -0.25) is 4.68 Å². The van der Waals surface area contributed by atoms with E-state index < -0.39 is 0 Å². The van der Waals surface area contributed by atoms with Crippen LogP contribution in [0.15, 0.2) is 85.2 Å². The van der Waals surface area contributed by atoms with E-state index in [-0.39, 0.29) is 11.8 Å². The third-order valence-corrected chi connectivity index (χ3v) is 6.84. The number of anilines is 1. The number of tetrazole rings is 1. The van der Waals surface area contributed by atoms with E-state index in [1.54, 1.807) is 23.9 Å². The summed E-state index contributed by atoms with van der Waals surface area (Å²) < 4.78 is 16.6. The first-order valence-corrected chi connectivity index (χ1v) is 13.9. The number of halogens is 1. The van der Waals surface area contributed by atoms with Crippen LogP contribution in [-0.2, 0) is 20.1 Å². The number of hydrogen-bond acceptors (Lipinski definition) is 6. The second kappa shape index (κ2) is 13.6. The molecule has 0 unspecified atom stereocenters. The van der Waals surface area contributed by atoms with Gasteiger partial charge in [0.2, 0.25) is 0 Å². The Morgan fingerprint density at radius 2 is 1.74 bits per heavy atom. The number of benzene rings is 3. The molecule has 216 valence electrons. The maximum Gasteiger partial charge on any atom is 0.319 e. The Labute approximate surface area is 244 Å². The highest BCUT2D eigenvalue weighted by Crippen LogP contribution is 2.29. The third-order valence-electron chi connectivity index (χ3n) is 6.84. The Morgan fingerprint density at radius 1 is 0.952 bits per heavy atom. The zero-order valence-corrected chi connectivity index (χ0v) is 23.7. The van der Waals surface area contributed by atoms with Gasteiger partial charge in [0.25, 0.3) is 0 Å². The van der Waals surface area contributed by atoms with Gasteiger partial charge < -0.3 is 15.5 Å². The van der Waals surface area contributed by atoms with Crippen molar-refractivity contribution in [2.45, 2.75) is 25.9 Å². The van der Waals surface area contributed by atoms with E-state index >= 15 is 0 Å². The van der Waals surface area contributed by atoms with Crippen LogP contribution >= 0.6 is 0 Å². The fourth-order valence-electron chi connectivity index (χ4n) is 4.70. The molecule has 0 bridgehead atoms. The van der Waals surface area contributed by atoms with Gasteiger partial charge in [-0.1, -0.05) is 42.5 Å². The summed E-state index contributed by atoms with van der Waals surface area (Å²) in [5.41, 5.74) is 5.42. The van der Waals surface area contributed by atoms with Gasteiger partial charge in [-0.25, -0.2) is 13.9 Å². The predicted octanol–water partition coefficient (Wildman–Crippen LogP) is 4.96. The van der Waals surface area contributed by atoms with Crippen molar-refractivity contribution in [3.63, 3.8) is 0 Å². The molecular weight excluding hydrogens is 533 g/mol. The number of aryl methyl sites for hydroxylation is 1. The van der Waals surface area contributed by atoms with Gasteiger partial charge in [-0.15, -0.1) is 5.10 Å². The minimum atomic E-state index is -0.284. The van der Waals surface area contributed by atoms with E-state index in [0.717, 1.165) is 53.7 Å². The number of rotatable bonds is 12. The van der Waals surface area contributed by atoms with Gasteiger partial charge in [0.15, 0.2) is 5.82 Å². The molecule has 0 saturated heterocycles. The quantitative estimate of drug-likeness (QED) is 0.207. The maximum atomic E-state index is 13.1. The highest BCUT2D eigenvalue weighted by molar-refractivity contribution is 5.91. The van der Waals surface area contributed by atoms with Crippen molar-refractivity contribution < 1.29 is 9.18 Å². The second-order valence-electron chi connectivity index (χ2n) is 10.3. The minimum Gasteiger partial charge on any atom is -0.338 e. The van der Waals surface area contributed by atoms with Crippen molar-refractivity contribution >= 4 is 11.7 Å². The lowest BCUT2D eigenvalue weighted by Crippen LogP contribution is -2.30. The summed E-state index contributed by atoms with van der Waals surface area (Å²) >= 11 is 0. The van der Waals surface area contributed by atoms with Gasteiger partial charge in [0.05, 0.1) is 12.7 Å². The summed E-state index contributed by atoms with van der Waals surface area (Å²) in [4.78, 5) is 15.0. The lowest BCUT2D eigenvalue weighted by molar-refractivity contribution is 0.251. The van der Waals surface area contributed by atoms with Crippen LogP contribution in [0, 0.1) is 5.82 Å². The number of carbonyl (C=O) groups is 1. The van der Waals surface area contributed by atoms with E-state index in [9.17, 15) is 9.18 Å². The largest absolute Gasteiger partial charge is 0.338 e. The lowest BCUT2D eigenvalue weighted by Gasteiger charge is -2.16. The fraction of sp³-hybridized carbons (Fsp3) is 0.258. The molecule has 0 saturated carbocycles. The van der Waals surface area contributed by atoms with E-state index in [4.69, 9.17) is 0 Å². The predicted molar refractivity (Wildman–Crippen MR) is 160 cm³/mol. The molecule has 2 aromatic heterocycles. The monoisotopic (exact) mass is 567 g/mol. The average molecular weight is 568 g/mol. The van der Waals surface area contributed by atoms with Gasteiger partial charge in [0.1, 0.15) is 5.82 Å². The minimum absolute atomic E-state index is 0.227. The molecule has 0 radical (unpaired) electrons. The lowest BCUT2D eigenvalue weighted by atomic mass is 10.0. The smallest absolute Gasteiger partial charge is 0.319 e. The Morgan fingerprint density at radius 3 is 2.50 bits per heavy atom. The molecule has 0 spiro atoms. The highest BCUT2D eigenvalue weighted by atomic mass is 19.1. The Kier molecular flexibility index (Phi) is 9.30. The summed E-state index contributed by atoms with van der Waals surface area (Å²) in [6.07, 6.45) is 5.55. The fourth-order valence-corrected chi connectivity index (χ4v) is 4.70. The van der Waals surface area contributed by atoms with Crippen LogP contribution in [-0.4, -0.2) is 61.1 Å². The van der Waals surface area contributed by atoms with Gasteiger partial charge >= 0.3 is 6.03 Å². The molecule has 11 heteroatoms. The summed E-state index contributed by atoms with van der Waals surface area (Å²) in [6, 6.07) is 22.2. The molecule has 5 rings (SSSR count). The van der Waals surface area contributed by atoms with Crippen molar-refractivity contribution in [1.82, 2.24) is 40.2 Å². The topological polar surface area (TPSA) is 106 Å². The number of hydrogen-bond donors (Lipinski definition) is 2. The van der Waals surface area contributed by atoms with Crippen molar-refractivity contribution in [3.8, 4) is 22.5 Å². The first kappa shape index (κ1) is 28.6. The molecule has 0 aliphatic rings. The zero-order valence-electron chi connectivity index (χ0n) is 23.7. The van der Waals surface area contributed by atoms with E-state index in [1.807, 2.05) is 60.5 Å². The molecular formula is C31H34FN9O. The maximum absolute atomic E-state index is 13.1. The van der Waals surface area contributed by atoms with Crippen LogP contribution in [0.25, 0.3) is 22.5 Å². The van der Waals surface area contributed by atoms with Gasteiger partial charge in [-0.2, -0.15) is 5.10 Å². The molecule has 3 aromatic carbocycles. The summed E-state index contributed by atoms with van der Waals surface area (Å²) in [5, 5.41) is 22.3. The number of nitrogens with zero attached hydrogens (tertiary/aromatic N) is 7. The zero-order chi connectivity index (χ0) is 29.3. The molecule has 10 nitrogen and oxygen atoms in total. The molecule has 0 atom stereocenters. The molecule has 42 heavy (non-hydrogen) atoms. The Balaban J connectivity index is 1.18. The van der Waals surface area contributed by atoms with Crippen LogP contribution in [0.3, 0.4) is 0 Å². The molecule has 0 aliphatic carbocycles. The Bertz CT molecular complexity index is 1600. The van der Waals surface area contributed by atoms with Crippen molar-refractivity contribution in [2.75, 3.05) is 25.5 Å². The summed E-state index contributed by atoms with van der Waals surface area (Å²) in [6.45, 7) is 2.82. The normalized spacial score (nSPS) is 11.1. The van der Waals surface area contributed by atoms with Gasteiger partial charge in [0, 0.05) is 43.1 Å². The number of urea groups is 1. The van der Waals surface area contributed by atoms with Crippen LogP contribution < -0.4 is 10.6 Å². The van der Waals surface area contributed by atoms with Crippen LogP contribution in [0.4, 0.5) is 14.9 Å². The first-order chi connectivity index (χ1) is 20.4. The average Bonchev–Trinajstić information content (AvgIpc) is 3.63. The molecule has 5 aromatic rings. The molecule has 2 heterocycles. The van der Waals surface area contributed by atoms with Crippen LogP contribution in [0.2, 0.25) is 0 Å². The molecule has 0 fully saturated rings. The van der Waals surface area contributed by atoms with E-state index in [0.29, 0.717) is 24.6 Å². The van der Waals surface area contributed by atoms with Crippen molar-refractivity contribution in [3.05, 3.63) is 102 Å². The third kappa shape index (κ3) is 7.85. The number of amides is 2. The highest BCUT2D eigenvalue weighted by Gasteiger charge is 2.13. The summed E-state index contributed by atoms with van der Waals surface area (Å²) in [5.74, 6) is 0.357. The summed E-state index contributed by atoms with van der Waals surface area (Å²) in [7, 11) is 3.81. The van der Waals surface area contributed by atoms with E-state index in [2.05, 4.69) is 48.3 Å². The number of aromatic nitrogens is 6. The van der Waals surface area contributed by atoms with Crippen molar-refractivity contribution in [2.24, 2.45) is 7.05 Å². The SMILES string of the molecule is CN(CCCCNC(=O)Nc1cc(-c2cnn(Cc3ccccc3)c2)cc(-c2nnnn2C)c1)Cc1ccc(F)cc1. The van der Waals surface area contributed by atoms with E-state index in [1.165, 1.54) is 12.1 Å². The number of nitrogens with one attached hydrogen (secondary N) is 2. The van der Waals surface area contributed by atoms with Crippen LogP contribution in [0.5, 0.6) is 0 Å². The van der Waals surface area contributed by atoms with Crippen LogP contribution in [0.1, 0.15) is 24.0 Å². The first-order valence-electron chi connectivity index (χ1n) is 13.9. The second-order valence-corrected chi connectivity index (χ2v) is 10.3. The molecule has 0 aliphatic heterocycles. The van der Waals surface area contributed by atoms with Crippen molar-refractivity contribution in [1.29, 1.82) is 0 Å². The number of carbonyl (C=O) groups excluding carboxylic acids is 1. The standard InChI is InChI=1S/C31H34FN9O/c1-39(20-24-10-12-28(32)13-11-24)15-7-6-14-33-31(42)35-29-17-25(16-26(18-29)30-36-37-38-40(30)2)27-19-34-41(22-27)21-23-8-4-3-5-9-23/h3-5,8-13,16-19,22H,6-7,14-15,20-21H2,1-2H3,(H2,33,35,42). The molecule has 2 amide bonds. The van der Waals surface area contributed by atoms with Gasteiger partial charge in [-0.05, 0) is 83.9 Å². The Hall–Kier alpha value is -4.90.